The van der Waals surface area contributed by atoms with Crippen LogP contribution in [-0.2, 0) is 4.79 Å². The molecule has 4 heteroatoms. The normalized spacial score (nSPS) is 30.9. The van der Waals surface area contributed by atoms with E-state index >= 15 is 0 Å². The minimum atomic E-state index is 0.178. The minimum Gasteiger partial charge on any atom is -0.353 e. The van der Waals surface area contributed by atoms with Gasteiger partial charge in [-0.3, -0.25) is 9.69 Å². The number of carbonyl (C=O) groups excluding carboxylic acids is 1. The number of nitrogens with zero attached hydrogens (tertiary/aromatic N) is 1. The van der Waals surface area contributed by atoms with Gasteiger partial charge in [-0.25, -0.2) is 0 Å². The summed E-state index contributed by atoms with van der Waals surface area (Å²) in [7, 11) is 0. The smallest absolute Gasteiger partial charge is 0.234 e. The lowest BCUT2D eigenvalue weighted by atomic mass is 10.1. The third-order valence-electron chi connectivity index (χ3n) is 3.99. The second kappa shape index (κ2) is 5.83. The van der Waals surface area contributed by atoms with Gasteiger partial charge in [0.2, 0.25) is 5.91 Å². The molecule has 2 fully saturated rings. The summed E-state index contributed by atoms with van der Waals surface area (Å²) in [6, 6.07) is 1.60. The van der Waals surface area contributed by atoms with Gasteiger partial charge in [-0.15, -0.1) is 0 Å². The van der Waals surface area contributed by atoms with Crippen LogP contribution in [0.3, 0.4) is 0 Å². The lowest BCUT2D eigenvalue weighted by Crippen LogP contribution is -2.43. The van der Waals surface area contributed by atoms with E-state index in [1.165, 1.54) is 19.3 Å². The number of likely N-dealkylation sites (tertiary alicyclic amines) is 1. The maximum absolute atomic E-state index is 11.8. The summed E-state index contributed by atoms with van der Waals surface area (Å²) >= 11 is 0. The average molecular weight is 239 g/mol. The zero-order valence-electron chi connectivity index (χ0n) is 11.0. The molecular formula is C13H25N3O. The van der Waals surface area contributed by atoms with Crippen LogP contribution in [0.25, 0.3) is 0 Å². The molecule has 2 bridgehead atoms. The SMILES string of the molecule is CCC(C)NC(=O)CN1CCC2CCC(C1)N2. The summed E-state index contributed by atoms with van der Waals surface area (Å²) in [5.41, 5.74) is 0. The van der Waals surface area contributed by atoms with Crippen molar-refractivity contribution in [3.63, 3.8) is 0 Å². The van der Waals surface area contributed by atoms with Crippen molar-refractivity contribution in [3.8, 4) is 0 Å². The molecule has 17 heavy (non-hydrogen) atoms. The fraction of sp³-hybridized carbons (Fsp3) is 0.923. The van der Waals surface area contributed by atoms with Crippen molar-refractivity contribution in [2.75, 3.05) is 19.6 Å². The Labute approximate surface area is 104 Å². The quantitative estimate of drug-likeness (QED) is 0.760. The largest absolute Gasteiger partial charge is 0.353 e. The van der Waals surface area contributed by atoms with Gasteiger partial charge in [-0.1, -0.05) is 6.92 Å². The van der Waals surface area contributed by atoms with Gasteiger partial charge < -0.3 is 10.6 Å². The van der Waals surface area contributed by atoms with Crippen molar-refractivity contribution in [1.29, 1.82) is 0 Å². The van der Waals surface area contributed by atoms with Crippen molar-refractivity contribution >= 4 is 5.91 Å². The highest BCUT2D eigenvalue weighted by Crippen LogP contribution is 2.19. The van der Waals surface area contributed by atoms with Crippen LogP contribution < -0.4 is 10.6 Å². The number of hydrogen-bond donors (Lipinski definition) is 2. The average Bonchev–Trinajstić information content (AvgIpc) is 2.62. The van der Waals surface area contributed by atoms with Crippen LogP contribution in [0.1, 0.15) is 39.5 Å². The van der Waals surface area contributed by atoms with Crippen LogP contribution >= 0.6 is 0 Å². The van der Waals surface area contributed by atoms with E-state index in [0.29, 0.717) is 24.7 Å². The van der Waals surface area contributed by atoms with Gasteiger partial charge in [0.25, 0.3) is 0 Å². The van der Waals surface area contributed by atoms with Crippen molar-refractivity contribution in [1.82, 2.24) is 15.5 Å². The van der Waals surface area contributed by atoms with Crippen LogP contribution in [0.15, 0.2) is 0 Å². The molecule has 0 radical (unpaired) electrons. The highest BCUT2D eigenvalue weighted by atomic mass is 16.2. The van der Waals surface area contributed by atoms with E-state index in [9.17, 15) is 4.79 Å². The molecule has 2 N–H and O–H groups in total. The van der Waals surface area contributed by atoms with Gasteiger partial charge in [0, 0.05) is 31.2 Å². The van der Waals surface area contributed by atoms with Crippen LogP contribution in [0.4, 0.5) is 0 Å². The van der Waals surface area contributed by atoms with E-state index in [-0.39, 0.29) is 5.91 Å². The molecule has 98 valence electrons. The summed E-state index contributed by atoms with van der Waals surface area (Å²) < 4.78 is 0. The minimum absolute atomic E-state index is 0.178. The van der Waals surface area contributed by atoms with E-state index in [1.54, 1.807) is 0 Å². The molecule has 0 aliphatic carbocycles. The number of amides is 1. The van der Waals surface area contributed by atoms with Crippen LogP contribution in [0.2, 0.25) is 0 Å². The first kappa shape index (κ1) is 12.8. The highest BCUT2D eigenvalue weighted by molar-refractivity contribution is 5.78. The molecule has 0 aromatic carbocycles. The molecule has 2 rings (SSSR count). The lowest BCUT2D eigenvalue weighted by molar-refractivity contribution is -0.122. The molecule has 2 saturated heterocycles. The Morgan fingerprint density at radius 1 is 1.41 bits per heavy atom. The van der Waals surface area contributed by atoms with Crippen molar-refractivity contribution in [3.05, 3.63) is 0 Å². The van der Waals surface area contributed by atoms with E-state index in [1.807, 2.05) is 0 Å². The van der Waals surface area contributed by atoms with Gasteiger partial charge in [0.15, 0.2) is 0 Å². The van der Waals surface area contributed by atoms with Crippen molar-refractivity contribution in [2.45, 2.75) is 57.7 Å². The summed E-state index contributed by atoms with van der Waals surface area (Å²) in [5.74, 6) is 0.178. The fourth-order valence-corrected chi connectivity index (χ4v) is 2.78. The van der Waals surface area contributed by atoms with Gasteiger partial charge >= 0.3 is 0 Å². The standard InChI is InChI=1S/C13H25N3O/c1-3-10(2)14-13(17)9-16-7-6-11-4-5-12(8-16)15-11/h10-12,15H,3-9H2,1-2H3,(H,14,17). The van der Waals surface area contributed by atoms with Gasteiger partial charge in [-0.05, 0) is 32.6 Å². The number of carbonyl (C=O) groups is 1. The monoisotopic (exact) mass is 239 g/mol. The van der Waals surface area contributed by atoms with E-state index in [2.05, 4.69) is 29.4 Å². The third-order valence-corrected chi connectivity index (χ3v) is 3.99. The zero-order valence-corrected chi connectivity index (χ0v) is 11.0. The second-order valence-electron chi connectivity index (χ2n) is 5.54. The maximum Gasteiger partial charge on any atom is 0.234 e. The summed E-state index contributed by atoms with van der Waals surface area (Å²) in [6.45, 7) is 6.81. The summed E-state index contributed by atoms with van der Waals surface area (Å²) in [4.78, 5) is 14.1. The lowest BCUT2D eigenvalue weighted by Gasteiger charge is -2.24. The Kier molecular flexibility index (Phi) is 4.40. The van der Waals surface area contributed by atoms with E-state index in [0.717, 1.165) is 19.5 Å². The molecule has 0 aromatic rings. The molecule has 0 spiro atoms. The number of hydrogen-bond acceptors (Lipinski definition) is 3. The molecule has 0 aromatic heterocycles. The highest BCUT2D eigenvalue weighted by Gasteiger charge is 2.29. The first-order chi connectivity index (χ1) is 8.17. The first-order valence-electron chi connectivity index (χ1n) is 6.95. The first-order valence-corrected chi connectivity index (χ1v) is 6.95. The zero-order chi connectivity index (χ0) is 12.3. The van der Waals surface area contributed by atoms with Crippen LogP contribution in [-0.4, -0.2) is 48.6 Å². The Hall–Kier alpha value is -0.610. The number of fused-ring (bicyclic) bond motifs is 2. The molecule has 4 nitrogen and oxygen atoms in total. The molecule has 3 atom stereocenters. The second-order valence-corrected chi connectivity index (χ2v) is 5.54. The molecule has 1 amide bonds. The fourth-order valence-electron chi connectivity index (χ4n) is 2.78. The molecular weight excluding hydrogens is 214 g/mol. The molecule has 2 aliphatic heterocycles. The third kappa shape index (κ3) is 3.68. The predicted octanol–water partition coefficient (Wildman–Crippen LogP) is 0.727. The van der Waals surface area contributed by atoms with Crippen LogP contribution in [0.5, 0.6) is 0 Å². The van der Waals surface area contributed by atoms with Gasteiger partial charge in [-0.2, -0.15) is 0 Å². The summed E-state index contributed by atoms with van der Waals surface area (Å²) in [5, 5.41) is 6.67. The van der Waals surface area contributed by atoms with E-state index in [4.69, 9.17) is 0 Å². The number of nitrogens with one attached hydrogen (secondary N) is 2. The van der Waals surface area contributed by atoms with E-state index < -0.39 is 0 Å². The van der Waals surface area contributed by atoms with Crippen LogP contribution in [0, 0.1) is 0 Å². The molecule has 0 saturated carbocycles. The molecule has 3 unspecified atom stereocenters. The Balaban J connectivity index is 1.76. The van der Waals surface area contributed by atoms with Crippen molar-refractivity contribution < 1.29 is 4.79 Å². The Morgan fingerprint density at radius 2 is 2.18 bits per heavy atom. The summed E-state index contributed by atoms with van der Waals surface area (Å²) in [6.07, 6.45) is 4.77. The van der Waals surface area contributed by atoms with Gasteiger partial charge in [0.1, 0.15) is 0 Å². The predicted molar refractivity (Wildman–Crippen MR) is 68.9 cm³/mol. The number of rotatable bonds is 4. The van der Waals surface area contributed by atoms with Gasteiger partial charge in [0.05, 0.1) is 6.54 Å². The Morgan fingerprint density at radius 3 is 2.94 bits per heavy atom. The maximum atomic E-state index is 11.8. The molecule has 2 aliphatic rings. The van der Waals surface area contributed by atoms with Crippen molar-refractivity contribution in [2.24, 2.45) is 0 Å². The topological polar surface area (TPSA) is 44.4 Å². The molecule has 2 heterocycles. The Bertz CT molecular complexity index is 269.